The van der Waals surface area contributed by atoms with Gasteiger partial charge in [0.1, 0.15) is 0 Å². The average Bonchev–Trinajstić information content (AvgIpc) is 2.13. The molecule has 3 heteroatoms. The summed E-state index contributed by atoms with van der Waals surface area (Å²) in [5, 5.41) is 8.58. The number of rotatable bonds is 5. The van der Waals surface area contributed by atoms with Crippen LogP contribution in [0.4, 0.5) is 0 Å². The molecule has 1 unspecified atom stereocenters. The van der Waals surface area contributed by atoms with Crippen molar-refractivity contribution in [3.8, 4) is 0 Å². The second kappa shape index (κ2) is 6.35. The maximum absolute atomic E-state index is 8.58. The van der Waals surface area contributed by atoms with Gasteiger partial charge >= 0.3 is 0 Å². The first-order valence-electron chi connectivity index (χ1n) is 5.24. The first kappa shape index (κ1) is 11.0. The highest BCUT2D eigenvalue weighted by atomic mass is 16.5. The normalized spacial score (nSPS) is 24.9. The zero-order valence-electron chi connectivity index (χ0n) is 8.54. The monoisotopic (exact) mass is 187 g/mol. The topological polar surface area (TPSA) is 32.7 Å². The van der Waals surface area contributed by atoms with E-state index in [0.29, 0.717) is 6.10 Å². The van der Waals surface area contributed by atoms with Gasteiger partial charge in [0.2, 0.25) is 0 Å². The molecule has 3 nitrogen and oxygen atoms in total. The number of aliphatic hydroxyl groups excluding tert-OH is 1. The quantitative estimate of drug-likeness (QED) is 0.648. The average molecular weight is 187 g/mol. The molecule has 1 aliphatic heterocycles. The Hall–Kier alpha value is -0.120. The molecule has 0 saturated carbocycles. The molecule has 13 heavy (non-hydrogen) atoms. The van der Waals surface area contributed by atoms with Crippen LogP contribution in [0, 0.1) is 0 Å². The van der Waals surface area contributed by atoms with E-state index >= 15 is 0 Å². The molecule has 0 amide bonds. The van der Waals surface area contributed by atoms with E-state index in [2.05, 4.69) is 11.9 Å². The molecule has 0 radical (unpaired) electrons. The molecule has 1 rings (SSSR count). The predicted octanol–water partition coefficient (Wildman–Crippen LogP) is 0.870. The van der Waals surface area contributed by atoms with Crippen molar-refractivity contribution in [3.63, 3.8) is 0 Å². The summed E-state index contributed by atoms with van der Waals surface area (Å²) in [7, 11) is 2.14. The van der Waals surface area contributed by atoms with Gasteiger partial charge in [-0.2, -0.15) is 0 Å². The number of nitrogens with zero attached hydrogens (tertiary/aromatic N) is 1. The van der Waals surface area contributed by atoms with Crippen molar-refractivity contribution in [3.05, 3.63) is 0 Å². The molecule has 0 aromatic rings. The summed E-state index contributed by atoms with van der Waals surface area (Å²) >= 11 is 0. The van der Waals surface area contributed by atoms with Crippen LogP contribution in [0.3, 0.4) is 0 Å². The maximum atomic E-state index is 8.58. The second-order valence-corrected chi connectivity index (χ2v) is 3.83. The van der Waals surface area contributed by atoms with Gasteiger partial charge in [0.05, 0.1) is 6.10 Å². The molecule has 1 heterocycles. The highest BCUT2D eigenvalue weighted by Crippen LogP contribution is 2.11. The van der Waals surface area contributed by atoms with E-state index in [-0.39, 0.29) is 6.61 Å². The molecule has 78 valence electrons. The van der Waals surface area contributed by atoms with Crippen LogP contribution in [0.2, 0.25) is 0 Å². The second-order valence-electron chi connectivity index (χ2n) is 3.83. The summed E-state index contributed by atoms with van der Waals surface area (Å²) in [4.78, 5) is 2.32. The fourth-order valence-corrected chi connectivity index (χ4v) is 1.72. The lowest BCUT2D eigenvalue weighted by molar-refractivity contribution is 0.00388. The number of hydrogen-bond donors (Lipinski definition) is 1. The van der Waals surface area contributed by atoms with E-state index in [1.165, 1.54) is 19.4 Å². The Balaban J connectivity index is 2.00. The van der Waals surface area contributed by atoms with Crippen LogP contribution < -0.4 is 0 Å². The van der Waals surface area contributed by atoms with Gasteiger partial charge in [0.15, 0.2) is 0 Å². The lowest BCUT2D eigenvalue weighted by atomic mass is 10.1. The summed E-state index contributed by atoms with van der Waals surface area (Å²) in [6, 6.07) is 0. The third kappa shape index (κ3) is 4.60. The van der Waals surface area contributed by atoms with Crippen LogP contribution in [0.15, 0.2) is 0 Å². The Bertz CT molecular complexity index is 130. The standard InChI is InChI=1S/C10H21NO2/c1-11-6-4-5-10(9-11)13-8-3-2-7-12/h10,12H,2-9H2,1H3. The lowest BCUT2D eigenvalue weighted by Crippen LogP contribution is -2.37. The van der Waals surface area contributed by atoms with Gasteiger partial charge in [-0.05, 0) is 39.3 Å². The van der Waals surface area contributed by atoms with E-state index in [1.54, 1.807) is 0 Å². The van der Waals surface area contributed by atoms with Crippen LogP contribution >= 0.6 is 0 Å². The Morgan fingerprint density at radius 1 is 1.46 bits per heavy atom. The van der Waals surface area contributed by atoms with Gasteiger partial charge in [0.25, 0.3) is 0 Å². The van der Waals surface area contributed by atoms with Crippen LogP contribution in [0.5, 0.6) is 0 Å². The smallest absolute Gasteiger partial charge is 0.0702 e. The van der Waals surface area contributed by atoms with Crippen LogP contribution in [-0.2, 0) is 4.74 Å². The fraction of sp³-hybridized carbons (Fsp3) is 1.00. The summed E-state index contributed by atoms with van der Waals surface area (Å²) in [5.74, 6) is 0. The number of likely N-dealkylation sites (tertiary alicyclic amines) is 1. The Labute approximate surface area is 80.7 Å². The van der Waals surface area contributed by atoms with Crippen molar-refractivity contribution in [2.24, 2.45) is 0 Å². The van der Waals surface area contributed by atoms with Gasteiger partial charge in [-0.3, -0.25) is 0 Å². The van der Waals surface area contributed by atoms with Crippen molar-refractivity contribution < 1.29 is 9.84 Å². The number of aliphatic hydroxyl groups is 1. The third-order valence-electron chi connectivity index (χ3n) is 2.49. The Kier molecular flexibility index (Phi) is 5.35. The molecular weight excluding hydrogens is 166 g/mol. The van der Waals surface area contributed by atoms with Gasteiger partial charge < -0.3 is 14.7 Å². The minimum Gasteiger partial charge on any atom is -0.396 e. The van der Waals surface area contributed by atoms with Gasteiger partial charge in [-0.15, -0.1) is 0 Å². The molecule has 1 N–H and O–H groups in total. The largest absolute Gasteiger partial charge is 0.396 e. The fourth-order valence-electron chi connectivity index (χ4n) is 1.72. The van der Waals surface area contributed by atoms with Crippen LogP contribution in [0.1, 0.15) is 25.7 Å². The third-order valence-corrected chi connectivity index (χ3v) is 2.49. The first-order valence-corrected chi connectivity index (χ1v) is 5.24. The van der Waals surface area contributed by atoms with Gasteiger partial charge in [-0.1, -0.05) is 0 Å². The minimum atomic E-state index is 0.286. The molecule has 0 bridgehead atoms. The first-order chi connectivity index (χ1) is 6.33. The van der Waals surface area contributed by atoms with Crippen LogP contribution in [-0.4, -0.2) is 49.5 Å². The van der Waals surface area contributed by atoms with Crippen molar-refractivity contribution in [2.45, 2.75) is 31.8 Å². The zero-order valence-corrected chi connectivity index (χ0v) is 8.54. The van der Waals surface area contributed by atoms with E-state index < -0.39 is 0 Å². The molecular formula is C10H21NO2. The predicted molar refractivity (Wildman–Crippen MR) is 52.8 cm³/mol. The SMILES string of the molecule is CN1CCCC(OCCCCO)C1. The van der Waals surface area contributed by atoms with Crippen molar-refractivity contribution >= 4 is 0 Å². The molecule has 0 spiro atoms. The summed E-state index contributed by atoms with van der Waals surface area (Å²) in [6.45, 7) is 3.36. The lowest BCUT2D eigenvalue weighted by Gasteiger charge is -2.29. The number of likely N-dealkylation sites (N-methyl/N-ethyl adjacent to an activating group) is 1. The Morgan fingerprint density at radius 3 is 3.00 bits per heavy atom. The van der Waals surface area contributed by atoms with E-state index in [1.807, 2.05) is 0 Å². The molecule has 1 atom stereocenters. The minimum absolute atomic E-state index is 0.286. The Morgan fingerprint density at radius 2 is 2.31 bits per heavy atom. The number of piperidine rings is 1. The highest BCUT2D eigenvalue weighted by molar-refractivity contribution is 4.70. The number of ether oxygens (including phenoxy) is 1. The van der Waals surface area contributed by atoms with Gasteiger partial charge in [0, 0.05) is 19.8 Å². The number of hydrogen-bond acceptors (Lipinski definition) is 3. The molecule has 0 aromatic carbocycles. The van der Waals surface area contributed by atoms with E-state index in [4.69, 9.17) is 9.84 Å². The summed E-state index contributed by atoms with van der Waals surface area (Å²) in [6.07, 6.45) is 4.72. The molecule has 0 aliphatic carbocycles. The molecule has 1 aliphatic rings. The zero-order chi connectivity index (χ0) is 9.52. The maximum Gasteiger partial charge on any atom is 0.0702 e. The number of unbranched alkanes of at least 4 members (excludes halogenated alkanes) is 1. The molecule has 1 fully saturated rings. The van der Waals surface area contributed by atoms with E-state index in [9.17, 15) is 0 Å². The van der Waals surface area contributed by atoms with Crippen molar-refractivity contribution in [2.75, 3.05) is 33.4 Å². The summed E-state index contributed by atoms with van der Waals surface area (Å²) in [5.41, 5.74) is 0. The van der Waals surface area contributed by atoms with E-state index in [0.717, 1.165) is 26.0 Å². The van der Waals surface area contributed by atoms with Gasteiger partial charge in [-0.25, -0.2) is 0 Å². The van der Waals surface area contributed by atoms with Crippen molar-refractivity contribution in [1.29, 1.82) is 0 Å². The molecule has 1 saturated heterocycles. The van der Waals surface area contributed by atoms with Crippen LogP contribution in [0.25, 0.3) is 0 Å². The highest BCUT2D eigenvalue weighted by Gasteiger charge is 2.16. The van der Waals surface area contributed by atoms with Crippen molar-refractivity contribution in [1.82, 2.24) is 4.90 Å². The summed E-state index contributed by atoms with van der Waals surface area (Å²) < 4.78 is 5.70. The molecule has 0 aromatic heterocycles.